The second kappa shape index (κ2) is 2.96. The van der Waals surface area contributed by atoms with Crippen LogP contribution in [-0.4, -0.2) is 17.8 Å². The van der Waals surface area contributed by atoms with Crippen LogP contribution >= 0.6 is 11.6 Å². The van der Waals surface area contributed by atoms with Crippen molar-refractivity contribution < 1.29 is 5.11 Å². The molecule has 1 aromatic carbocycles. The normalized spacial score (nSPS) is 20.3. The van der Waals surface area contributed by atoms with E-state index in [1.54, 1.807) is 0 Å². The number of nitrogens with one attached hydrogen (secondary N) is 1. The lowest BCUT2D eigenvalue weighted by Gasteiger charge is -2.04. The first-order chi connectivity index (χ1) is 5.79. The van der Waals surface area contributed by atoms with Crippen LogP contribution in [0.25, 0.3) is 0 Å². The maximum Gasteiger partial charge on any atom is 0.0636 e. The van der Waals surface area contributed by atoms with Crippen molar-refractivity contribution >= 4 is 17.3 Å². The van der Waals surface area contributed by atoms with Crippen LogP contribution in [0.4, 0.5) is 5.69 Å². The molecule has 0 amide bonds. The van der Waals surface area contributed by atoms with Gasteiger partial charge in [0.1, 0.15) is 0 Å². The summed E-state index contributed by atoms with van der Waals surface area (Å²) in [5, 5.41) is 12.9. The van der Waals surface area contributed by atoms with Crippen LogP contribution in [0.3, 0.4) is 0 Å². The number of fused-ring (bicyclic) bond motifs is 1. The molecule has 1 aromatic rings. The molecule has 1 aliphatic heterocycles. The van der Waals surface area contributed by atoms with Gasteiger partial charge in [-0.2, -0.15) is 0 Å². The van der Waals surface area contributed by atoms with Crippen molar-refractivity contribution in [3.63, 3.8) is 0 Å². The number of halogens is 1. The standard InChI is InChI=1S/C9H10ClNO/c10-7-1-2-9-6(3-7)4-8(5-12)11-9/h1-3,8,11-12H,4-5H2/t8-/m0/s1. The van der Waals surface area contributed by atoms with Crippen molar-refractivity contribution in [3.05, 3.63) is 28.8 Å². The van der Waals surface area contributed by atoms with Crippen LogP contribution in [0.1, 0.15) is 5.56 Å². The van der Waals surface area contributed by atoms with E-state index in [0.29, 0.717) is 0 Å². The molecule has 0 bridgehead atoms. The number of benzene rings is 1. The maximum atomic E-state index is 8.91. The molecule has 0 radical (unpaired) electrons. The molecule has 1 aliphatic rings. The van der Waals surface area contributed by atoms with Crippen LogP contribution in [0.15, 0.2) is 18.2 Å². The molecule has 64 valence electrons. The maximum absolute atomic E-state index is 8.91. The average molecular weight is 184 g/mol. The van der Waals surface area contributed by atoms with E-state index in [1.807, 2.05) is 18.2 Å². The van der Waals surface area contributed by atoms with Gasteiger partial charge in [0.25, 0.3) is 0 Å². The fourth-order valence-corrected chi connectivity index (χ4v) is 1.71. The van der Waals surface area contributed by atoms with Gasteiger partial charge in [-0.25, -0.2) is 0 Å². The van der Waals surface area contributed by atoms with Crippen LogP contribution < -0.4 is 5.32 Å². The highest BCUT2D eigenvalue weighted by Crippen LogP contribution is 2.27. The third kappa shape index (κ3) is 1.28. The largest absolute Gasteiger partial charge is 0.394 e. The topological polar surface area (TPSA) is 32.3 Å². The monoisotopic (exact) mass is 183 g/mol. The molecule has 0 unspecified atom stereocenters. The van der Waals surface area contributed by atoms with E-state index in [4.69, 9.17) is 16.7 Å². The lowest BCUT2D eigenvalue weighted by molar-refractivity contribution is 0.277. The van der Waals surface area contributed by atoms with Crippen molar-refractivity contribution in [1.82, 2.24) is 0 Å². The molecule has 2 nitrogen and oxygen atoms in total. The summed E-state index contributed by atoms with van der Waals surface area (Å²) < 4.78 is 0. The number of aliphatic hydroxyl groups is 1. The van der Waals surface area contributed by atoms with Gasteiger partial charge in [-0.15, -0.1) is 0 Å². The summed E-state index contributed by atoms with van der Waals surface area (Å²) in [6, 6.07) is 5.92. The van der Waals surface area contributed by atoms with E-state index < -0.39 is 0 Å². The van der Waals surface area contributed by atoms with Crippen LogP contribution in [0.2, 0.25) is 5.02 Å². The summed E-state index contributed by atoms with van der Waals surface area (Å²) in [7, 11) is 0. The number of anilines is 1. The zero-order chi connectivity index (χ0) is 8.55. The van der Waals surface area contributed by atoms with E-state index in [-0.39, 0.29) is 12.6 Å². The molecule has 3 heteroatoms. The number of rotatable bonds is 1. The summed E-state index contributed by atoms with van der Waals surface area (Å²) >= 11 is 5.82. The first-order valence-electron chi connectivity index (χ1n) is 3.95. The van der Waals surface area contributed by atoms with Gasteiger partial charge in [0, 0.05) is 10.7 Å². The Morgan fingerprint density at radius 3 is 3.17 bits per heavy atom. The molecule has 1 heterocycles. The van der Waals surface area contributed by atoms with E-state index in [0.717, 1.165) is 17.1 Å². The zero-order valence-electron chi connectivity index (χ0n) is 6.55. The van der Waals surface area contributed by atoms with Crippen molar-refractivity contribution in [2.24, 2.45) is 0 Å². The van der Waals surface area contributed by atoms with Gasteiger partial charge in [-0.1, -0.05) is 11.6 Å². The summed E-state index contributed by atoms with van der Waals surface area (Å²) in [5.41, 5.74) is 2.29. The Bertz CT molecular complexity index is 301. The van der Waals surface area contributed by atoms with Gasteiger partial charge in [0.15, 0.2) is 0 Å². The molecule has 0 spiro atoms. The summed E-state index contributed by atoms with van der Waals surface area (Å²) in [6.07, 6.45) is 0.867. The lowest BCUT2D eigenvalue weighted by atomic mass is 10.1. The van der Waals surface area contributed by atoms with Gasteiger partial charge in [0.05, 0.1) is 12.6 Å². The highest BCUT2D eigenvalue weighted by molar-refractivity contribution is 6.30. The Hall–Kier alpha value is -0.730. The van der Waals surface area contributed by atoms with Crippen LogP contribution in [-0.2, 0) is 6.42 Å². The molecule has 0 saturated carbocycles. The second-order valence-electron chi connectivity index (χ2n) is 3.03. The Morgan fingerprint density at radius 2 is 2.42 bits per heavy atom. The van der Waals surface area contributed by atoms with Gasteiger partial charge >= 0.3 is 0 Å². The van der Waals surface area contributed by atoms with Crippen molar-refractivity contribution in [3.8, 4) is 0 Å². The number of hydrogen-bond donors (Lipinski definition) is 2. The van der Waals surface area contributed by atoms with Crippen molar-refractivity contribution in [2.75, 3.05) is 11.9 Å². The minimum absolute atomic E-state index is 0.165. The van der Waals surface area contributed by atoms with E-state index in [9.17, 15) is 0 Å². The van der Waals surface area contributed by atoms with E-state index in [2.05, 4.69) is 5.32 Å². The molecule has 12 heavy (non-hydrogen) atoms. The van der Waals surface area contributed by atoms with Gasteiger partial charge in [0.2, 0.25) is 0 Å². The fraction of sp³-hybridized carbons (Fsp3) is 0.333. The predicted molar refractivity (Wildman–Crippen MR) is 49.7 cm³/mol. The van der Waals surface area contributed by atoms with Gasteiger partial charge < -0.3 is 10.4 Å². The first kappa shape index (κ1) is 7.90. The van der Waals surface area contributed by atoms with Gasteiger partial charge in [-0.05, 0) is 30.2 Å². The molecular formula is C9H10ClNO. The highest BCUT2D eigenvalue weighted by atomic mass is 35.5. The van der Waals surface area contributed by atoms with Crippen LogP contribution in [0.5, 0.6) is 0 Å². The minimum atomic E-state index is 0.165. The third-order valence-electron chi connectivity index (χ3n) is 2.11. The molecule has 0 aromatic heterocycles. The Labute approximate surface area is 76.2 Å². The molecule has 2 N–H and O–H groups in total. The number of hydrogen-bond acceptors (Lipinski definition) is 2. The van der Waals surface area contributed by atoms with Gasteiger partial charge in [-0.3, -0.25) is 0 Å². The minimum Gasteiger partial charge on any atom is -0.394 e. The van der Waals surface area contributed by atoms with Crippen molar-refractivity contribution in [2.45, 2.75) is 12.5 Å². The predicted octanol–water partition coefficient (Wildman–Crippen LogP) is 1.67. The Morgan fingerprint density at radius 1 is 1.58 bits per heavy atom. The SMILES string of the molecule is OC[C@@H]1Cc2cc(Cl)ccc2N1. The quantitative estimate of drug-likeness (QED) is 0.694. The lowest BCUT2D eigenvalue weighted by Crippen LogP contribution is -2.19. The molecular weight excluding hydrogens is 174 g/mol. The highest BCUT2D eigenvalue weighted by Gasteiger charge is 2.19. The van der Waals surface area contributed by atoms with E-state index in [1.165, 1.54) is 5.56 Å². The molecule has 0 aliphatic carbocycles. The molecule has 2 rings (SSSR count). The Balaban J connectivity index is 2.30. The summed E-state index contributed by atoms with van der Waals surface area (Å²) in [4.78, 5) is 0. The summed E-state index contributed by atoms with van der Waals surface area (Å²) in [6.45, 7) is 0.173. The fourth-order valence-electron chi connectivity index (χ4n) is 1.52. The second-order valence-corrected chi connectivity index (χ2v) is 3.47. The zero-order valence-corrected chi connectivity index (χ0v) is 7.30. The average Bonchev–Trinajstić information content (AvgIpc) is 2.46. The summed E-state index contributed by atoms with van der Waals surface area (Å²) in [5.74, 6) is 0. The molecule has 1 atom stereocenters. The first-order valence-corrected chi connectivity index (χ1v) is 4.33. The number of aliphatic hydroxyl groups excluding tert-OH is 1. The van der Waals surface area contributed by atoms with Crippen LogP contribution in [0, 0.1) is 0 Å². The Kier molecular flexibility index (Phi) is 1.95. The van der Waals surface area contributed by atoms with E-state index >= 15 is 0 Å². The smallest absolute Gasteiger partial charge is 0.0636 e. The molecule has 0 saturated heterocycles. The third-order valence-corrected chi connectivity index (χ3v) is 2.35. The van der Waals surface area contributed by atoms with Crippen molar-refractivity contribution in [1.29, 1.82) is 0 Å². The molecule has 0 fully saturated rings.